The zero-order valence-electron chi connectivity index (χ0n) is 9.89. The fraction of sp³-hybridized carbons (Fsp3) is 0.364. The maximum absolute atomic E-state index is 11.5. The van der Waals surface area contributed by atoms with Gasteiger partial charge in [0.25, 0.3) is 0 Å². The fourth-order valence-electron chi connectivity index (χ4n) is 1.45. The molecule has 0 amide bonds. The van der Waals surface area contributed by atoms with E-state index in [2.05, 4.69) is 4.74 Å². The molecule has 0 radical (unpaired) electrons. The summed E-state index contributed by atoms with van der Waals surface area (Å²) in [6.07, 6.45) is 0. The molecule has 1 aromatic carbocycles. The van der Waals surface area contributed by atoms with Crippen molar-refractivity contribution < 1.29 is 24.9 Å². The second kappa shape index (κ2) is 4.92. The second-order valence-electron chi connectivity index (χ2n) is 3.85. The molecule has 0 aliphatic rings. The van der Waals surface area contributed by atoms with Crippen molar-refractivity contribution in [3.8, 4) is 17.2 Å². The lowest BCUT2D eigenvalue weighted by molar-refractivity contribution is 0.0597. The van der Waals surface area contributed by atoms with E-state index in [0.29, 0.717) is 0 Å². The standard InChI is InChI=1S/C11H15NO5/c1-12(2)5-7-6(11(16)17-3)4-8(13)10(15)9(7)14/h4,13-15H,5H2,1-3H3. The summed E-state index contributed by atoms with van der Waals surface area (Å²) < 4.78 is 4.55. The van der Waals surface area contributed by atoms with Crippen molar-refractivity contribution in [2.75, 3.05) is 21.2 Å². The first-order chi connectivity index (χ1) is 7.88. The Morgan fingerprint density at radius 3 is 2.35 bits per heavy atom. The summed E-state index contributed by atoms with van der Waals surface area (Å²) in [5, 5.41) is 28.5. The number of benzene rings is 1. The maximum Gasteiger partial charge on any atom is 0.338 e. The first-order valence-corrected chi connectivity index (χ1v) is 4.88. The number of hydrogen-bond donors (Lipinski definition) is 3. The molecule has 0 saturated heterocycles. The molecule has 0 spiro atoms. The minimum atomic E-state index is -0.688. The quantitative estimate of drug-likeness (QED) is 0.532. The number of esters is 1. The SMILES string of the molecule is COC(=O)c1cc(O)c(O)c(O)c1CN(C)C. The largest absolute Gasteiger partial charge is 0.504 e. The first kappa shape index (κ1) is 13.1. The van der Waals surface area contributed by atoms with E-state index in [9.17, 15) is 20.1 Å². The highest BCUT2D eigenvalue weighted by molar-refractivity contribution is 5.93. The Morgan fingerprint density at radius 2 is 1.88 bits per heavy atom. The lowest BCUT2D eigenvalue weighted by Crippen LogP contribution is -2.15. The molecule has 17 heavy (non-hydrogen) atoms. The van der Waals surface area contributed by atoms with E-state index in [0.717, 1.165) is 6.07 Å². The molecule has 1 aromatic rings. The Labute approximate surface area is 98.7 Å². The first-order valence-electron chi connectivity index (χ1n) is 4.88. The van der Waals surface area contributed by atoms with Crippen LogP contribution in [0.5, 0.6) is 17.2 Å². The number of phenolic OH excluding ortho intramolecular Hbond substituents is 3. The van der Waals surface area contributed by atoms with Crippen LogP contribution in [0.3, 0.4) is 0 Å². The number of hydrogen-bond acceptors (Lipinski definition) is 6. The van der Waals surface area contributed by atoms with E-state index >= 15 is 0 Å². The number of ether oxygens (including phenoxy) is 1. The van der Waals surface area contributed by atoms with Crippen LogP contribution in [0.2, 0.25) is 0 Å². The van der Waals surface area contributed by atoms with Gasteiger partial charge in [-0.25, -0.2) is 4.79 Å². The summed E-state index contributed by atoms with van der Waals surface area (Å²) in [7, 11) is 4.68. The highest BCUT2D eigenvalue weighted by Crippen LogP contribution is 2.40. The van der Waals surface area contributed by atoms with Gasteiger partial charge in [-0.05, 0) is 20.2 Å². The summed E-state index contributed by atoms with van der Waals surface area (Å²) >= 11 is 0. The van der Waals surface area contributed by atoms with Crippen molar-refractivity contribution in [3.63, 3.8) is 0 Å². The monoisotopic (exact) mass is 241 g/mol. The summed E-state index contributed by atoms with van der Waals surface area (Å²) in [4.78, 5) is 13.2. The van der Waals surface area contributed by atoms with Crippen LogP contribution in [0.15, 0.2) is 6.07 Å². The minimum absolute atomic E-state index is 0.0222. The highest BCUT2D eigenvalue weighted by atomic mass is 16.5. The van der Waals surface area contributed by atoms with E-state index in [1.165, 1.54) is 7.11 Å². The average molecular weight is 241 g/mol. The Kier molecular flexibility index (Phi) is 3.80. The number of aromatic hydroxyl groups is 3. The topological polar surface area (TPSA) is 90.2 Å². The van der Waals surface area contributed by atoms with Gasteiger partial charge in [-0.1, -0.05) is 0 Å². The van der Waals surface area contributed by atoms with Crippen LogP contribution in [0.1, 0.15) is 15.9 Å². The number of methoxy groups -OCH3 is 1. The molecule has 0 heterocycles. The van der Waals surface area contributed by atoms with Crippen molar-refractivity contribution in [1.29, 1.82) is 0 Å². The van der Waals surface area contributed by atoms with E-state index in [4.69, 9.17) is 0 Å². The summed E-state index contributed by atoms with van der Waals surface area (Å²) in [5.41, 5.74) is 0.228. The van der Waals surface area contributed by atoms with Gasteiger partial charge in [-0.15, -0.1) is 0 Å². The van der Waals surface area contributed by atoms with Crippen LogP contribution in [-0.4, -0.2) is 47.4 Å². The lowest BCUT2D eigenvalue weighted by Gasteiger charge is -2.16. The third-order valence-corrected chi connectivity index (χ3v) is 2.24. The van der Waals surface area contributed by atoms with E-state index in [-0.39, 0.29) is 17.7 Å². The van der Waals surface area contributed by atoms with Crippen LogP contribution in [0.4, 0.5) is 0 Å². The molecular formula is C11H15NO5. The van der Waals surface area contributed by atoms with Gasteiger partial charge in [0.2, 0.25) is 5.75 Å². The predicted molar refractivity (Wildman–Crippen MR) is 60.2 cm³/mol. The summed E-state index contributed by atoms with van der Waals surface area (Å²) in [6.45, 7) is 0.226. The molecule has 0 bridgehead atoms. The van der Waals surface area contributed by atoms with Gasteiger partial charge >= 0.3 is 5.97 Å². The molecule has 0 aromatic heterocycles. The smallest absolute Gasteiger partial charge is 0.338 e. The normalized spacial score (nSPS) is 10.6. The van der Waals surface area contributed by atoms with Gasteiger partial charge in [-0.3, -0.25) is 0 Å². The Morgan fingerprint density at radius 1 is 1.29 bits per heavy atom. The predicted octanol–water partition coefficient (Wildman–Crippen LogP) is 0.652. The Balaban J connectivity index is 3.40. The van der Waals surface area contributed by atoms with Crippen molar-refractivity contribution in [2.24, 2.45) is 0 Å². The molecule has 3 N–H and O–H groups in total. The van der Waals surface area contributed by atoms with Gasteiger partial charge < -0.3 is 25.0 Å². The number of carbonyl (C=O) groups is 1. The van der Waals surface area contributed by atoms with Crippen molar-refractivity contribution in [2.45, 2.75) is 6.54 Å². The molecule has 0 atom stereocenters. The molecule has 94 valence electrons. The molecule has 0 unspecified atom stereocenters. The van der Waals surface area contributed by atoms with Gasteiger partial charge in [0.15, 0.2) is 11.5 Å². The Hall–Kier alpha value is -1.95. The minimum Gasteiger partial charge on any atom is -0.504 e. The number of nitrogens with zero attached hydrogens (tertiary/aromatic N) is 1. The molecule has 1 rings (SSSR count). The van der Waals surface area contributed by atoms with E-state index in [1.807, 2.05) is 0 Å². The summed E-state index contributed by atoms with van der Waals surface area (Å²) in [6, 6.07) is 1.07. The average Bonchev–Trinajstić information content (AvgIpc) is 2.28. The van der Waals surface area contributed by atoms with Crippen LogP contribution in [0, 0.1) is 0 Å². The molecule has 0 aliphatic heterocycles. The van der Waals surface area contributed by atoms with E-state index < -0.39 is 23.2 Å². The van der Waals surface area contributed by atoms with Crippen LogP contribution < -0.4 is 0 Å². The number of carbonyl (C=O) groups excluding carboxylic acids is 1. The molecule has 0 aliphatic carbocycles. The number of rotatable bonds is 3. The highest BCUT2D eigenvalue weighted by Gasteiger charge is 2.22. The lowest BCUT2D eigenvalue weighted by atomic mass is 10.0. The van der Waals surface area contributed by atoms with E-state index in [1.54, 1.807) is 19.0 Å². The van der Waals surface area contributed by atoms with Crippen molar-refractivity contribution >= 4 is 5.97 Å². The molecule has 6 heteroatoms. The zero-order chi connectivity index (χ0) is 13.2. The van der Waals surface area contributed by atoms with Gasteiger partial charge in [0.1, 0.15) is 0 Å². The second-order valence-corrected chi connectivity index (χ2v) is 3.85. The Bertz CT molecular complexity index is 442. The van der Waals surface area contributed by atoms with Gasteiger partial charge in [0.05, 0.1) is 12.7 Å². The van der Waals surface area contributed by atoms with Crippen LogP contribution in [0.25, 0.3) is 0 Å². The van der Waals surface area contributed by atoms with Gasteiger partial charge in [0, 0.05) is 12.1 Å². The maximum atomic E-state index is 11.5. The van der Waals surface area contributed by atoms with Crippen LogP contribution in [-0.2, 0) is 11.3 Å². The molecule has 0 fully saturated rings. The van der Waals surface area contributed by atoms with Gasteiger partial charge in [-0.2, -0.15) is 0 Å². The fourth-order valence-corrected chi connectivity index (χ4v) is 1.45. The number of phenols is 3. The summed E-state index contributed by atoms with van der Waals surface area (Å²) in [5.74, 6) is -2.41. The third-order valence-electron chi connectivity index (χ3n) is 2.24. The zero-order valence-corrected chi connectivity index (χ0v) is 9.89. The van der Waals surface area contributed by atoms with Crippen molar-refractivity contribution in [3.05, 3.63) is 17.2 Å². The van der Waals surface area contributed by atoms with Crippen molar-refractivity contribution in [1.82, 2.24) is 4.90 Å². The molecular weight excluding hydrogens is 226 g/mol. The van der Waals surface area contributed by atoms with Crippen LogP contribution >= 0.6 is 0 Å². The molecule has 0 saturated carbocycles. The molecule has 6 nitrogen and oxygen atoms in total. The third kappa shape index (κ3) is 2.59.